The van der Waals surface area contributed by atoms with Crippen molar-refractivity contribution in [2.24, 2.45) is 0 Å². The van der Waals surface area contributed by atoms with E-state index in [1.807, 2.05) is 30.3 Å². The van der Waals surface area contributed by atoms with E-state index in [0.717, 1.165) is 40.6 Å². The normalized spacial score (nSPS) is 13.7. The van der Waals surface area contributed by atoms with Crippen LogP contribution in [0.1, 0.15) is 35.2 Å². The van der Waals surface area contributed by atoms with Gasteiger partial charge in [-0.05, 0) is 37.3 Å². The monoisotopic (exact) mass is 471 g/mol. The maximum absolute atomic E-state index is 12.5. The van der Waals surface area contributed by atoms with Gasteiger partial charge in [0.15, 0.2) is 0 Å². The maximum atomic E-state index is 12.5. The van der Waals surface area contributed by atoms with Gasteiger partial charge in [0.05, 0.1) is 23.5 Å². The number of benzene rings is 1. The summed E-state index contributed by atoms with van der Waals surface area (Å²) in [5.41, 5.74) is 2.00. The Morgan fingerprint density at radius 2 is 2.09 bits per heavy atom. The number of hydrogen-bond donors (Lipinski definition) is 2. The summed E-state index contributed by atoms with van der Waals surface area (Å²) in [6.45, 7) is 1.99. The number of H-pyrrole nitrogens is 1. The maximum Gasteiger partial charge on any atom is 0.328 e. The van der Waals surface area contributed by atoms with E-state index in [4.69, 9.17) is 4.74 Å². The Labute approximate surface area is 194 Å². The summed E-state index contributed by atoms with van der Waals surface area (Å²) in [4.78, 5) is 46.9. The second-order valence-corrected chi connectivity index (χ2v) is 9.67. The topological polar surface area (TPSA) is 101 Å². The van der Waals surface area contributed by atoms with E-state index in [2.05, 4.69) is 15.3 Å². The molecule has 1 aliphatic rings. The molecule has 0 radical (unpaired) electrons. The molecule has 0 saturated heterocycles. The predicted octanol–water partition coefficient (Wildman–Crippen LogP) is 3.00. The van der Waals surface area contributed by atoms with Crippen molar-refractivity contribution in [1.82, 2.24) is 15.3 Å². The molecule has 1 unspecified atom stereocenters. The Balaban J connectivity index is 1.35. The van der Waals surface area contributed by atoms with Gasteiger partial charge in [-0.25, -0.2) is 9.78 Å². The number of aromatic nitrogens is 2. The molecule has 1 amide bonds. The number of nitrogens with one attached hydrogen (secondary N) is 2. The standard InChI is InChI=1S/C23H25N3O4S2/c1-2-30-23(29)16(11-14-7-4-3-5-8-14)24-19(27)13-31-12-18-25-21(28)20-15-9-6-10-17(15)32-22(20)26-18/h3-5,7-8,16H,2,6,9-13H2,1H3,(H,24,27)(H,25,26,28). The molecule has 0 aliphatic heterocycles. The molecular formula is C23H25N3O4S2. The Morgan fingerprint density at radius 1 is 1.28 bits per heavy atom. The number of thioether (sulfide) groups is 1. The SMILES string of the molecule is CCOC(=O)C(Cc1ccccc1)NC(=O)CSCc1nc2sc3c(c2c(=O)[nH]1)CCC3. The van der Waals surface area contributed by atoms with Crippen LogP contribution in [-0.2, 0) is 39.3 Å². The van der Waals surface area contributed by atoms with Gasteiger partial charge in [-0.15, -0.1) is 23.1 Å². The lowest BCUT2D eigenvalue weighted by Gasteiger charge is -2.17. The van der Waals surface area contributed by atoms with Gasteiger partial charge in [0.2, 0.25) is 5.91 Å². The van der Waals surface area contributed by atoms with Crippen LogP contribution in [0.25, 0.3) is 10.2 Å². The zero-order chi connectivity index (χ0) is 22.5. The van der Waals surface area contributed by atoms with Crippen LogP contribution in [0.5, 0.6) is 0 Å². The van der Waals surface area contributed by atoms with Crippen molar-refractivity contribution in [3.05, 3.63) is 62.5 Å². The summed E-state index contributed by atoms with van der Waals surface area (Å²) in [6.07, 6.45) is 3.43. The minimum absolute atomic E-state index is 0.0975. The third-order valence-electron chi connectivity index (χ3n) is 5.29. The molecule has 32 heavy (non-hydrogen) atoms. The Kier molecular flexibility index (Phi) is 7.26. The minimum Gasteiger partial charge on any atom is -0.464 e. The van der Waals surface area contributed by atoms with Crippen LogP contribution in [0.4, 0.5) is 0 Å². The van der Waals surface area contributed by atoms with Gasteiger partial charge < -0.3 is 15.0 Å². The highest BCUT2D eigenvalue weighted by Gasteiger charge is 2.23. The Bertz CT molecular complexity index is 1170. The molecule has 1 aromatic carbocycles. The largest absolute Gasteiger partial charge is 0.464 e. The van der Waals surface area contributed by atoms with Crippen LogP contribution in [-0.4, -0.2) is 40.2 Å². The fourth-order valence-electron chi connectivity index (χ4n) is 3.88. The first-order valence-corrected chi connectivity index (χ1v) is 12.6. The summed E-state index contributed by atoms with van der Waals surface area (Å²) in [6, 6.07) is 8.76. The third kappa shape index (κ3) is 5.21. The molecule has 2 aromatic heterocycles. The van der Waals surface area contributed by atoms with Crippen LogP contribution in [0.2, 0.25) is 0 Å². The number of aryl methyl sites for hydroxylation is 2. The smallest absolute Gasteiger partial charge is 0.328 e. The van der Waals surface area contributed by atoms with Crippen molar-refractivity contribution in [2.75, 3.05) is 12.4 Å². The zero-order valence-electron chi connectivity index (χ0n) is 17.8. The number of amides is 1. The average molecular weight is 472 g/mol. The second-order valence-electron chi connectivity index (χ2n) is 7.60. The van der Waals surface area contributed by atoms with Crippen LogP contribution < -0.4 is 10.9 Å². The first kappa shape index (κ1) is 22.5. The van der Waals surface area contributed by atoms with Crippen molar-refractivity contribution in [3.8, 4) is 0 Å². The lowest BCUT2D eigenvalue weighted by Crippen LogP contribution is -2.44. The number of ether oxygens (including phenoxy) is 1. The molecular weight excluding hydrogens is 446 g/mol. The highest BCUT2D eigenvalue weighted by atomic mass is 32.2. The van der Waals surface area contributed by atoms with Crippen LogP contribution >= 0.6 is 23.1 Å². The number of rotatable bonds is 9. The van der Waals surface area contributed by atoms with Crippen LogP contribution in [0.15, 0.2) is 35.1 Å². The van der Waals surface area contributed by atoms with Crippen LogP contribution in [0.3, 0.4) is 0 Å². The predicted molar refractivity (Wildman–Crippen MR) is 127 cm³/mol. The number of carbonyl (C=O) groups is 2. The summed E-state index contributed by atoms with van der Waals surface area (Å²) in [5, 5.41) is 3.51. The minimum atomic E-state index is -0.742. The van der Waals surface area contributed by atoms with Crippen LogP contribution in [0, 0.1) is 0 Å². The van der Waals surface area contributed by atoms with Gasteiger partial charge in [-0.3, -0.25) is 9.59 Å². The van der Waals surface area contributed by atoms with E-state index < -0.39 is 12.0 Å². The molecule has 0 spiro atoms. The average Bonchev–Trinajstić information content (AvgIpc) is 3.35. The quantitative estimate of drug-likeness (QED) is 0.465. The number of nitrogens with zero attached hydrogens (tertiary/aromatic N) is 1. The van der Waals surface area contributed by atoms with Gasteiger partial charge in [-0.1, -0.05) is 30.3 Å². The number of esters is 1. The molecule has 4 rings (SSSR count). The summed E-state index contributed by atoms with van der Waals surface area (Å²) < 4.78 is 5.12. The van der Waals surface area contributed by atoms with Crippen molar-refractivity contribution >= 4 is 45.2 Å². The van der Waals surface area contributed by atoms with Gasteiger partial charge in [0.1, 0.15) is 16.7 Å². The van der Waals surface area contributed by atoms with Gasteiger partial charge in [0.25, 0.3) is 5.56 Å². The molecule has 2 N–H and O–H groups in total. The second kappa shape index (κ2) is 10.3. The third-order valence-corrected chi connectivity index (χ3v) is 7.41. The van der Waals surface area contributed by atoms with Crippen molar-refractivity contribution in [1.29, 1.82) is 0 Å². The Hall–Kier alpha value is -2.65. The number of aromatic amines is 1. The number of fused-ring (bicyclic) bond motifs is 3. The van der Waals surface area contributed by atoms with Gasteiger partial charge >= 0.3 is 5.97 Å². The van der Waals surface area contributed by atoms with Crippen molar-refractivity contribution in [2.45, 2.75) is 44.4 Å². The first-order valence-electron chi connectivity index (χ1n) is 10.7. The molecule has 0 fully saturated rings. The van der Waals surface area contributed by atoms with E-state index in [9.17, 15) is 14.4 Å². The molecule has 9 heteroatoms. The molecule has 0 bridgehead atoms. The molecule has 0 saturated carbocycles. The van der Waals surface area contributed by atoms with E-state index >= 15 is 0 Å². The van der Waals surface area contributed by atoms with E-state index in [-0.39, 0.29) is 23.8 Å². The summed E-state index contributed by atoms with van der Waals surface area (Å²) in [7, 11) is 0. The van der Waals surface area contributed by atoms with E-state index in [0.29, 0.717) is 18.0 Å². The molecule has 1 aliphatic carbocycles. The number of thiophene rings is 1. The highest BCUT2D eigenvalue weighted by Crippen LogP contribution is 2.34. The number of carbonyl (C=O) groups excluding carboxylic acids is 2. The fraction of sp³-hybridized carbons (Fsp3) is 0.391. The summed E-state index contributed by atoms with van der Waals surface area (Å²) >= 11 is 2.94. The molecule has 3 aromatic rings. The van der Waals surface area contributed by atoms with Gasteiger partial charge in [0, 0.05) is 11.3 Å². The fourth-order valence-corrected chi connectivity index (χ4v) is 5.86. The molecule has 1 atom stereocenters. The van der Waals surface area contributed by atoms with Gasteiger partial charge in [-0.2, -0.15) is 0 Å². The number of hydrogen-bond acceptors (Lipinski definition) is 7. The first-order chi connectivity index (χ1) is 15.5. The van der Waals surface area contributed by atoms with Crippen molar-refractivity contribution < 1.29 is 14.3 Å². The zero-order valence-corrected chi connectivity index (χ0v) is 19.4. The van der Waals surface area contributed by atoms with E-state index in [1.54, 1.807) is 18.3 Å². The van der Waals surface area contributed by atoms with Crippen molar-refractivity contribution in [3.63, 3.8) is 0 Å². The van der Waals surface area contributed by atoms with E-state index in [1.165, 1.54) is 16.6 Å². The summed E-state index contributed by atoms with van der Waals surface area (Å²) in [5.74, 6) is 0.406. The molecule has 2 heterocycles. The highest BCUT2D eigenvalue weighted by molar-refractivity contribution is 7.99. The molecule has 168 valence electrons. The lowest BCUT2D eigenvalue weighted by atomic mass is 10.1. The lowest BCUT2D eigenvalue weighted by molar-refractivity contribution is -0.147. The molecule has 7 nitrogen and oxygen atoms in total. The Morgan fingerprint density at radius 3 is 2.88 bits per heavy atom.